The fourth-order valence-electron chi connectivity index (χ4n) is 2.39. The molecule has 0 aromatic carbocycles. The van der Waals surface area contributed by atoms with Crippen LogP contribution >= 0.6 is 11.3 Å². The molecule has 17 heavy (non-hydrogen) atoms. The Morgan fingerprint density at radius 3 is 2.82 bits per heavy atom. The summed E-state index contributed by atoms with van der Waals surface area (Å²) < 4.78 is 0. The van der Waals surface area contributed by atoms with Crippen molar-refractivity contribution in [2.75, 3.05) is 25.0 Å². The molecule has 1 aliphatic rings. The van der Waals surface area contributed by atoms with Crippen LogP contribution in [0.5, 0.6) is 0 Å². The number of hydrogen-bond donors (Lipinski definition) is 1. The minimum atomic E-state index is 0.953. The molecule has 0 atom stereocenters. The van der Waals surface area contributed by atoms with Gasteiger partial charge in [0.15, 0.2) is 5.13 Å². The molecule has 1 fully saturated rings. The lowest BCUT2D eigenvalue weighted by atomic mass is 9.94. The van der Waals surface area contributed by atoms with Gasteiger partial charge in [-0.25, -0.2) is 4.98 Å². The molecule has 96 valence electrons. The predicted octanol–water partition coefficient (Wildman–Crippen LogP) is 3.20. The Kier molecular flexibility index (Phi) is 4.80. The summed E-state index contributed by atoms with van der Waals surface area (Å²) in [7, 11) is 0. The average Bonchev–Trinajstić information content (AvgIpc) is 2.78. The van der Waals surface area contributed by atoms with Gasteiger partial charge in [0.2, 0.25) is 0 Å². The smallest absolute Gasteiger partial charge is 0.182 e. The fraction of sp³-hybridized carbons (Fsp3) is 0.769. The summed E-state index contributed by atoms with van der Waals surface area (Å²) >= 11 is 1.79. The zero-order valence-electron chi connectivity index (χ0n) is 10.9. The van der Waals surface area contributed by atoms with Gasteiger partial charge in [-0.05, 0) is 38.8 Å². The molecule has 0 radical (unpaired) electrons. The van der Waals surface area contributed by atoms with E-state index in [1.165, 1.54) is 37.2 Å². The summed E-state index contributed by atoms with van der Waals surface area (Å²) in [5.41, 5.74) is 0. The van der Waals surface area contributed by atoms with E-state index in [0.29, 0.717) is 0 Å². The minimum Gasteiger partial charge on any atom is -0.362 e. The lowest BCUT2D eigenvalue weighted by Gasteiger charge is -2.30. The molecule has 0 bridgehead atoms. The maximum absolute atomic E-state index is 4.38. The molecule has 2 rings (SSSR count). The number of anilines is 1. The third-order valence-electron chi connectivity index (χ3n) is 3.55. The molecule has 1 saturated heterocycles. The first-order valence-electron chi connectivity index (χ1n) is 6.72. The molecular weight excluding hydrogens is 230 g/mol. The van der Waals surface area contributed by atoms with Crippen molar-refractivity contribution < 1.29 is 0 Å². The monoisotopic (exact) mass is 253 g/mol. The van der Waals surface area contributed by atoms with Crippen molar-refractivity contribution in [2.45, 2.75) is 39.7 Å². The summed E-state index contributed by atoms with van der Waals surface area (Å²) in [5, 5.41) is 4.33. The second kappa shape index (κ2) is 6.36. The number of rotatable bonds is 5. The molecule has 4 heteroatoms. The van der Waals surface area contributed by atoms with Gasteiger partial charge < -0.3 is 5.32 Å². The van der Waals surface area contributed by atoms with Crippen molar-refractivity contribution in [3.63, 3.8) is 0 Å². The normalized spacial score (nSPS) is 18.5. The van der Waals surface area contributed by atoms with Gasteiger partial charge in [-0.2, -0.15) is 0 Å². The van der Waals surface area contributed by atoms with Crippen LogP contribution in [0.1, 0.15) is 38.0 Å². The molecule has 1 aromatic rings. The van der Waals surface area contributed by atoms with Gasteiger partial charge in [0.25, 0.3) is 0 Å². The summed E-state index contributed by atoms with van der Waals surface area (Å²) in [5.74, 6) is 0.963. The number of thiazole rings is 1. The Balaban J connectivity index is 1.80. The van der Waals surface area contributed by atoms with Crippen LogP contribution in [0, 0.1) is 5.92 Å². The van der Waals surface area contributed by atoms with E-state index in [-0.39, 0.29) is 0 Å². The van der Waals surface area contributed by atoms with E-state index >= 15 is 0 Å². The third-order valence-corrected chi connectivity index (χ3v) is 4.49. The predicted molar refractivity (Wildman–Crippen MR) is 74.6 cm³/mol. The molecular formula is C13H23N3S. The number of nitrogens with zero attached hydrogens (tertiary/aromatic N) is 2. The standard InChI is InChI=1S/C13H23N3S/c1-3-11-5-7-16(8-6-11)10-12-9-15-13(17-12)14-4-2/h9,11H,3-8,10H2,1-2H3,(H,14,15). The second-order valence-electron chi connectivity index (χ2n) is 4.79. The SMILES string of the molecule is CCNc1ncc(CN2CCC(CC)CC2)s1. The van der Waals surface area contributed by atoms with Crippen LogP contribution in [-0.4, -0.2) is 29.5 Å². The van der Waals surface area contributed by atoms with Crippen molar-refractivity contribution in [1.29, 1.82) is 0 Å². The van der Waals surface area contributed by atoms with E-state index in [1.54, 1.807) is 11.3 Å². The molecule has 0 aliphatic carbocycles. The van der Waals surface area contributed by atoms with Crippen molar-refractivity contribution in [3.8, 4) is 0 Å². The van der Waals surface area contributed by atoms with Crippen LogP contribution < -0.4 is 5.32 Å². The number of aromatic nitrogens is 1. The van der Waals surface area contributed by atoms with Gasteiger partial charge in [-0.1, -0.05) is 13.3 Å². The number of hydrogen-bond acceptors (Lipinski definition) is 4. The van der Waals surface area contributed by atoms with Crippen LogP contribution in [0.25, 0.3) is 0 Å². The molecule has 1 N–H and O–H groups in total. The first kappa shape index (κ1) is 12.8. The van der Waals surface area contributed by atoms with Crippen molar-refractivity contribution in [2.24, 2.45) is 5.92 Å². The quantitative estimate of drug-likeness (QED) is 0.873. The van der Waals surface area contributed by atoms with Crippen molar-refractivity contribution in [3.05, 3.63) is 11.1 Å². The van der Waals surface area contributed by atoms with Crippen LogP contribution in [0.15, 0.2) is 6.20 Å². The lowest BCUT2D eigenvalue weighted by molar-refractivity contribution is 0.176. The van der Waals surface area contributed by atoms with E-state index < -0.39 is 0 Å². The van der Waals surface area contributed by atoms with E-state index in [9.17, 15) is 0 Å². The first-order chi connectivity index (χ1) is 8.31. The number of likely N-dealkylation sites (tertiary alicyclic amines) is 1. The summed E-state index contributed by atoms with van der Waals surface area (Å²) in [6.45, 7) is 8.97. The van der Waals surface area contributed by atoms with E-state index in [0.717, 1.165) is 24.1 Å². The van der Waals surface area contributed by atoms with Gasteiger partial charge in [0.05, 0.1) is 0 Å². The lowest BCUT2D eigenvalue weighted by Crippen LogP contribution is -2.32. The van der Waals surface area contributed by atoms with Crippen LogP contribution in [0.3, 0.4) is 0 Å². The maximum atomic E-state index is 4.38. The Labute approximate surface area is 108 Å². The first-order valence-corrected chi connectivity index (χ1v) is 7.54. The average molecular weight is 253 g/mol. The van der Waals surface area contributed by atoms with Gasteiger partial charge in [0, 0.05) is 24.2 Å². The highest BCUT2D eigenvalue weighted by Crippen LogP contribution is 2.24. The molecule has 0 spiro atoms. The second-order valence-corrected chi connectivity index (χ2v) is 5.91. The van der Waals surface area contributed by atoms with Gasteiger partial charge in [0.1, 0.15) is 0 Å². The van der Waals surface area contributed by atoms with Gasteiger partial charge >= 0.3 is 0 Å². The van der Waals surface area contributed by atoms with E-state index in [2.05, 4.69) is 29.0 Å². The van der Waals surface area contributed by atoms with Gasteiger partial charge in [-0.15, -0.1) is 11.3 Å². The zero-order chi connectivity index (χ0) is 12.1. The molecule has 3 nitrogen and oxygen atoms in total. The van der Waals surface area contributed by atoms with Crippen molar-refractivity contribution >= 4 is 16.5 Å². The highest BCUT2D eigenvalue weighted by atomic mass is 32.1. The largest absolute Gasteiger partial charge is 0.362 e. The number of piperidine rings is 1. The summed E-state index contributed by atoms with van der Waals surface area (Å²) in [4.78, 5) is 8.33. The zero-order valence-corrected chi connectivity index (χ0v) is 11.7. The van der Waals surface area contributed by atoms with Gasteiger partial charge in [-0.3, -0.25) is 4.90 Å². The molecule has 0 saturated carbocycles. The third kappa shape index (κ3) is 3.68. The Hall–Kier alpha value is -0.610. The topological polar surface area (TPSA) is 28.2 Å². The molecule has 0 unspecified atom stereocenters. The minimum absolute atomic E-state index is 0.953. The van der Waals surface area contributed by atoms with Crippen LogP contribution in [0.4, 0.5) is 5.13 Å². The van der Waals surface area contributed by atoms with Crippen LogP contribution in [-0.2, 0) is 6.54 Å². The maximum Gasteiger partial charge on any atom is 0.182 e. The Morgan fingerprint density at radius 1 is 1.41 bits per heavy atom. The molecule has 2 heterocycles. The number of nitrogens with one attached hydrogen (secondary N) is 1. The highest BCUT2D eigenvalue weighted by molar-refractivity contribution is 7.15. The Bertz CT molecular complexity index is 329. The van der Waals surface area contributed by atoms with Crippen molar-refractivity contribution in [1.82, 2.24) is 9.88 Å². The van der Waals surface area contributed by atoms with E-state index in [1.807, 2.05) is 6.20 Å². The molecule has 1 aliphatic heterocycles. The van der Waals surface area contributed by atoms with E-state index in [4.69, 9.17) is 0 Å². The Morgan fingerprint density at radius 2 is 2.18 bits per heavy atom. The fourth-order valence-corrected chi connectivity index (χ4v) is 3.31. The molecule has 1 aromatic heterocycles. The summed E-state index contributed by atoms with van der Waals surface area (Å²) in [6.07, 6.45) is 6.11. The highest BCUT2D eigenvalue weighted by Gasteiger charge is 2.18. The van der Waals surface area contributed by atoms with Crippen LogP contribution in [0.2, 0.25) is 0 Å². The summed E-state index contributed by atoms with van der Waals surface area (Å²) in [6, 6.07) is 0. The molecule has 0 amide bonds.